The van der Waals surface area contributed by atoms with Gasteiger partial charge in [-0.15, -0.1) is 0 Å². The van der Waals surface area contributed by atoms with Gasteiger partial charge in [-0.05, 0) is 49.6 Å². The van der Waals surface area contributed by atoms with Crippen molar-refractivity contribution in [2.45, 2.75) is 52.2 Å². The third kappa shape index (κ3) is 7.50. The number of carbonyl (C=O) groups is 2. The molecule has 0 aliphatic rings. The third-order valence-electron chi connectivity index (χ3n) is 5.72. The Morgan fingerprint density at radius 1 is 0.971 bits per heavy atom. The molecule has 0 aliphatic carbocycles. The highest BCUT2D eigenvalue weighted by Crippen LogP contribution is 2.21. The summed E-state index contributed by atoms with van der Waals surface area (Å²) in [6.45, 7) is 5.13. The fraction of sp³-hybridized carbons (Fsp3) is 0.440. The fourth-order valence-electron chi connectivity index (χ4n) is 3.46. The van der Waals surface area contributed by atoms with Gasteiger partial charge in [0.15, 0.2) is 0 Å². The van der Waals surface area contributed by atoms with Crippen molar-refractivity contribution in [3.8, 4) is 0 Å². The van der Waals surface area contributed by atoms with Gasteiger partial charge < -0.3 is 10.2 Å². The summed E-state index contributed by atoms with van der Waals surface area (Å²) in [7, 11) is -1.23. The van der Waals surface area contributed by atoms with Gasteiger partial charge in [0.1, 0.15) is 18.4 Å². The molecule has 8 nitrogen and oxygen atoms in total. The molecule has 2 aromatic rings. The van der Waals surface area contributed by atoms with E-state index in [1.165, 1.54) is 31.1 Å². The first-order valence-corrected chi connectivity index (χ1v) is 13.0. The molecule has 10 heteroatoms. The van der Waals surface area contributed by atoms with Crippen molar-refractivity contribution in [3.63, 3.8) is 0 Å². The van der Waals surface area contributed by atoms with Gasteiger partial charge in [0, 0.05) is 26.7 Å². The minimum Gasteiger partial charge on any atom is -0.352 e. The van der Waals surface area contributed by atoms with Crippen LogP contribution in [-0.4, -0.2) is 62.2 Å². The molecule has 0 bridgehead atoms. The normalized spacial score (nSPS) is 13.2. The van der Waals surface area contributed by atoms with E-state index < -0.39 is 34.5 Å². The molecular formula is C25H35FN4O4S. The van der Waals surface area contributed by atoms with Crippen molar-refractivity contribution >= 4 is 27.7 Å². The SMILES string of the molecule is CCC(C)NC(=O)C(CC)N(Cc1ccc(F)cc1)C(=O)CN(c1ccccc1)S(=O)(=O)N(C)C. The second-order valence-electron chi connectivity index (χ2n) is 8.52. The predicted molar refractivity (Wildman–Crippen MR) is 135 cm³/mol. The lowest BCUT2D eigenvalue weighted by Crippen LogP contribution is -2.54. The van der Waals surface area contributed by atoms with Crippen LogP contribution in [0.15, 0.2) is 54.6 Å². The van der Waals surface area contributed by atoms with Crippen LogP contribution in [0, 0.1) is 5.82 Å². The molecule has 2 aromatic carbocycles. The molecule has 2 atom stereocenters. The molecule has 0 aliphatic heterocycles. The van der Waals surface area contributed by atoms with Crippen LogP contribution < -0.4 is 9.62 Å². The van der Waals surface area contributed by atoms with E-state index in [0.29, 0.717) is 17.7 Å². The lowest BCUT2D eigenvalue weighted by atomic mass is 10.1. The topological polar surface area (TPSA) is 90.0 Å². The Morgan fingerprint density at radius 2 is 1.57 bits per heavy atom. The summed E-state index contributed by atoms with van der Waals surface area (Å²) in [4.78, 5) is 28.1. The Balaban J connectivity index is 2.46. The van der Waals surface area contributed by atoms with E-state index in [1.807, 2.05) is 13.8 Å². The van der Waals surface area contributed by atoms with Gasteiger partial charge in [0.2, 0.25) is 11.8 Å². The minimum atomic E-state index is -4.01. The van der Waals surface area contributed by atoms with Gasteiger partial charge in [-0.1, -0.05) is 44.2 Å². The van der Waals surface area contributed by atoms with E-state index in [9.17, 15) is 22.4 Å². The number of hydrogen-bond donors (Lipinski definition) is 1. The summed E-state index contributed by atoms with van der Waals surface area (Å²) in [6, 6.07) is 13.0. The maximum Gasteiger partial charge on any atom is 0.304 e. The molecule has 0 fully saturated rings. The van der Waals surface area contributed by atoms with Crippen LogP contribution in [0.3, 0.4) is 0 Å². The number of halogens is 1. The first kappa shape index (κ1) is 28.3. The zero-order valence-corrected chi connectivity index (χ0v) is 21.8. The second-order valence-corrected chi connectivity index (χ2v) is 10.6. The van der Waals surface area contributed by atoms with Gasteiger partial charge in [0.05, 0.1) is 5.69 Å². The molecule has 0 spiro atoms. The highest BCUT2D eigenvalue weighted by Gasteiger charge is 2.33. The molecule has 0 saturated heterocycles. The van der Waals surface area contributed by atoms with Gasteiger partial charge in [0.25, 0.3) is 0 Å². The molecule has 0 heterocycles. The first-order chi connectivity index (χ1) is 16.5. The van der Waals surface area contributed by atoms with Crippen molar-refractivity contribution in [2.75, 3.05) is 24.9 Å². The predicted octanol–water partition coefficient (Wildman–Crippen LogP) is 3.16. The third-order valence-corrected chi connectivity index (χ3v) is 7.54. The maximum atomic E-state index is 13.7. The van der Waals surface area contributed by atoms with Crippen molar-refractivity contribution in [1.82, 2.24) is 14.5 Å². The zero-order valence-electron chi connectivity index (χ0n) is 20.9. The Labute approximate surface area is 207 Å². The molecular weight excluding hydrogens is 471 g/mol. The average Bonchev–Trinajstić information content (AvgIpc) is 2.83. The van der Waals surface area contributed by atoms with Crippen molar-refractivity contribution in [1.29, 1.82) is 0 Å². The lowest BCUT2D eigenvalue weighted by molar-refractivity contribution is -0.140. The van der Waals surface area contributed by atoms with Gasteiger partial charge in [-0.3, -0.25) is 9.59 Å². The summed E-state index contributed by atoms with van der Waals surface area (Å²) in [5.41, 5.74) is 0.949. The average molecular weight is 507 g/mol. The monoisotopic (exact) mass is 506 g/mol. The fourth-order valence-corrected chi connectivity index (χ4v) is 4.51. The Bertz CT molecular complexity index is 1080. The van der Waals surface area contributed by atoms with Gasteiger partial charge in [-0.2, -0.15) is 12.7 Å². The number of nitrogens with zero attached hydrogens (tertiary/aromatic N) is 3. The van der Waals surface area contributed by atoms with Crippen LogP contribution in [0.1, 0.15) is 39.2 Å². The van der Waals surface area contributed by atoms with Crippen LogP contribution in [0.5, 0.6) is 0 Å². The van der Waals surface area contributed by atoms with E-state index in [2.05, 4.69) is 5.32 Å². The summed E-state index contributed by atoms with van der Waals surface area (Å²) in [5.74, 6) is -1.28. The quantitative estimate of drug-likeness (QED) is 0.479. The molecule has 0 aromatic heterocycles. The molecule has 0 radical (unpaired) electrons. The van der Waals surface area contributed by atoms with Crippen LogP contribution in [0.25, 0.3) is 0 Å². The smallest absolute Gasteiger partial charge is 0.304 e. The van der Waals surface area contributed by atoms with Crippen LogP contribution in [0.2, 0.25) is 0 Å². The van der Waals surface area contributed by atoms with E-state index in [0.717, 1.165) is 15.0 Å². The molecule has 2 rings (SSSR count). The number of para-hydroxylation sites is 1. The number of nitrogens with one attached hydrogen (secondary N) is 1. The van der Waals surface area contributed by atoms with Gasteiger partial charge in [-0.25, -0.2) is 8.70 Å². The number of anilines is 1. The van der Waals surface area contributed by atoms with E-state index >= 15 is 0 Å². The summed E-state index contributed by atoms with van der Waals surface area (Å²) >= 11 is 0. The van der Waals surface area contributed by atoms with E-state index in [4.69, 9.17) is 0 Å². The van der Waals surface area contributed by atoms with Crippen molar-refractivity contribution in [3.05, 3.63) is 66.0 Å². The van der Waals surface area contributed by atoms with Gasteiger partial charge >= 0.3 is 10.2 Å². The Morgan fingerprint density at radius 3 is 2.09 bits per heavy atom. The number of hydrogen-bond acceptors (Lipinski definition) is 4. The number of amides is 2. The summed E-state index contributed by atoms with van der Waals surface area (Å²) < 4.78 is 41.7. The van der Waals surface area contributed by atoms with Crippen LogP contribution in [0.4, 0.5) is 10.1 Å². The Hall–Kier alpha value is -2.98. The molecule has 192 valence electrons. The molecule has 0 saturated carbocycles. The maximum absolute atomic E-state index is 13.7. The van der Waals surface area contributed by atoms with E-state index in [1.54, 1.807) is 49.4 Å². The van der Waals surface area contributed by atoms with Crippen molar-refractivity contribution in [2.24, 2.45) is 0 Å². The molecule has 2 amide bonds. The van der Waals surface area contributed by atoms with Crippen LogP contribution in [-0.2, 0) is 26.3 Å². The van der Waals surface area contributed by atoms with Crippen molar-refractivity contribution < 1.29 is 22.4 Å². The standard InChI is InChI=1S/C25H35FN4O4S/c1-6-19(3)27-25(32)23(7-2)29(17-20-13-15-21(26)16-14-20)24(31)18-30(35(33,34)28(4)5)22-11-9-8-10-12-22/h8-16,19,23H,6-7,17-18H2,1-5H3,(H,27,32). The van der Waals surface area contributed by atoms with Crippen LogP contribution >= 0.6 is 0 Å². The lowest BCUT2D eigenvalue weighted by Gasteiger charge is -2.34. The summed E-state index contributed by atoms with van der Waals surface area (Å²) in [5, 5.41) is 2.91. The summed E-state index contributed by atoms with van der Waals surface area (Å²) in [6.07, 6.45) is 1.04. The highest BCUT2D eigenvalue weighted by molar-refractivity contribution is 7.90. The highest BCUT2D eigenvalue weighted by atomic mass is 32.2. The molecule has 2 unspecified atom stereocenters. The van der Waals surface area contributed by atoms with E-state index in [-0.39, 0.29) is 18.5 Å². The minimum absolute atomic E-state index is 0.0240. The zero-order chi connectivity index (χ0) is 26.2. The first-order valence-electron chi connectivity index (χ1n) is 11.6. The number of rotatable bonds is 12. The second kappa shape index (κ2) is 12.6. The number of carbonyl (C=O) groups excluding carboxylic acids is 2. The molecule has 35 heavy (non-hydrogen) atoms. The Kier molecular flexibility index (Phi) is 10.2. The number of benzene rings is 2. The largest absolute Gasteiger partial charge is 0.352 e. The molecule has 1 N–H and O–H groups in total.